The number of carbonyl (C=O) groups is 1. The lowest BCUT2D eigenvalue weighted by Gasteiger charge is -2.20. The lowest BCUT2D eigenvalue weighted by molar-refractivity contribution is -0.131. The number of hydrogen-bond donors (Lipinski definition) is 1. The molecule has 1 amide bonds. The fraction of sp³-hybridized carbons (Fsp3) is 0.733. The molecule has 114 valence electrons. The van der Waals surface area contributed by atoms with E-state index in [9.17, 15) is 4.79 Å². The highest BCUT2D eigenvalue weighted by Crippen LogP contribution is 2.14. The Bertz CT molecular complexity index is 412. The van der Waals surface area contributed by atoms with E-state index in [2.05, 4.69) is 24.3 Å². The first kappa shape index (κ1) is 16.7. The van der Waals surface area contributed by atoms with Crippen molar-refractivity contribution in [2.45, 2.75) is 59.2 Å². The molecule has 0 saturated carbocycles. The topological polar surface area (TPSA) is 50.2 Å². The smallest absolute Gasteiger partial charge is 0.239 e. The van der Waals surface area contributed by atoms with Crippen LogP contribution in [0.15, 0.2) is 12.3 Å². The molecule has 0 fully saturated rings. The Labute approximate surface area is 122 Å². The number of carbonyl (C=O) groups excluding carboxylic acids is 1. The summed E-state index contributed by atoms with van der Waals surface area (Å²) in [6.45, 7) is 9.57. The molecule has 0 aromatic carbocycles. The zero-order valence-electron chi connectivity index (χ0n) is 13.4. The van der Waals surface area contributed by atoms with Gasteiger partial charge in [0.15, 0.2) is 0 Å². The van der Waals surface area contributed by atoms with Crippen LogP contribution in [-0.2, 0) is 11.3 Å². The van der Waals surface area contributed by atoms with E-state index in [4.69, 9.17) is 0 Å². The zero-order chi connectivity index (χ0) is 15.1. The molecule has 0 spiro atoms. The average molecular weight is 280 g/mol. The average Bonchev–Trinajstić information content (AvgIpc) is 2.93. The highest BCUT2D eigenvalue weighted by molar-refractivity contribution is 5.81. The molecule has 0 aliphatic rings. The van der Waals surface area contributed by atoms with E-state index in [0.717, 1.165) is 25.1 Å². The van der Waals surface area contributed by atoms with Crippen molar-refractivity contribution in [1.82, 2.24) is 20.0 Å². The molecule has 1 aromatic rings. The van der Waals surface area contributed by atoms with Crippen molar-refractivity contribution in [3.05, 3.63) is 18.0 Å². The van der Waals surface area contributed by atoms with Gasteiger partial charge in [-0.05, 0) is 32.8 Å². The minimum absolute atomic E-state index is 0.118. The first-order valence-electron chi connectivity index (χ1n) is 7.55. The Morgan fingerprint density at radius 1 is 1.40 bits per heavy atom. The Morgan fingerprint density at radius 2 is 2.05 bits per heavy atom. The molecular weight excluding hydrogens is 252 g/mol. The number of nitrogens with zero attached hydrogens (tertiary/aromatic N) is 3. The van der Waals surface area contributed by atoms with Crippen molar-refractivity contribution >= 4 is 5.91 Å². The molecule has 1 unspecified atom stereocenters. The Hall–Kier alpha value is -1.36. The van der Waals surface area contributed by atoms with Crippen LogP contribution in [0.25, 0.3) is 0 Å². The summed E-state index contributed by atoms with van der Waals surface area (Å²) in [5.74, 6) is 0.118. The van der Waals surface area contributed by atoms with Gasteiger partial charge in [-0.15, -0.1) is 0 Å². The molecule has 0 radical (unpaired) electrons. The molecule has 0 saturated heterocycles. The third-order valence-electron chi connectivity index (χ3n) is 3.79. The van der Waals surface area contributed by atoms with Crippen LogP contribution in [0.4, 0.5) is 0 Å². The van der Waals surface area contributed by atoms with Gasteiger partial charge in [0.05, 0.1) is 17.8 Å². The summed E-state index contributed by atoms with van der Waals surface area (Å²) in [7, 11) is 1.82. The molecule has 1 heterocycles. The van der Waals surface area contributed by atoms with Gasteiger partial charge in [0, 0.05) is 26.3 Å². The summed E-state index contributed by atoms with van der Waals surface area (Å²) >= 11 is 0. The second-order valence-electron chi connectivity index (χ2n) is 5.21. The van der Waals surface area contributed by atoms with Crippen molar-refractivity contribution in [3.63, 3.8) is 0 Å². The Morgan fingerprint density at radius 3 is 2.60 bits per heavy atom. The van der Waals surface area contributed by atoms with Crippen molar-refractivity contribution < 1.29 is 4.79 Å². The van der Waals surface area contributed by atoms with Gasteiger partial charge in [-0.1, -0.05) is 13.8 Å². The van der Waals surface area contributed by atoms with Gasteiger partial charge in [0.2, 0.25) is 5.91 Å². The fourth-order valence-electron chi connectivity index (χ4n) is 2.17. The Balaban J connectivity index is 2.52. The van der Waals surface area contributed by atoms with E-state index in [0.29, 0.717) is 12.6 Å². The first-order chi connectivity index (χ1) is 9.53. The number of rotatable bonds is 8. The predicted octanol–water partition coefficient (Wildman–Crippen LogP) is 2.20. The van der Waals surface area contributed by atoms with Crippen LogP contribution in [0.1, 0.15) is 52.3 Å². The number of amides is 1. The largest absolute Gasteiger partial charge is 0.345 e. The van der Waals surface area contributed by atoms with E-state index in [-0.39, 0.29) is 11.9 Å². The molecule has 0 aliphatic carbocycles. The van der Waals surface area contributed by atoms with E-state index in [1.807, 2.05) is 37.8 Å². The summed E-state index contributed by atoms with van der Waals surface area (Å²) in [4.78, 5) is 13.7. The molecule has 0 bridgehead atoms. The number of likely N-dealkylation sites (N-methyl/N-ethyl adjacent to an activating group) is 1. The minimum atomic E-state index is -0.182. The van der Waals surface area contributed by atoms with Crippen LogP contribution in [0.2, 0.25) is 0 Å². The first-order valence-corrected chi connectivity index (χ1v) is 7.55. The fourth-order valence-corrected chi connectivity index (χ4v) is 2.17. The quantitative estimate of drug-likeness (QED) is 0.794. The van der Waals surface area contributed by atoms with E-state index < -0.39 is 0 Å². The zero-order valence-corrected chi connectivity index (χ0v) is 13.4. The summed E-state index contributed by atoms with van der Waals surface area (Å²) in [6.07, 6.45) is 4.20. The van der Waals surface area contributed by atoms with Crippen molar-refractivity contribution in [2.75, 3.05) is 13.6 Å². The molecule has 1 aromatic heterocycles. The monoisotopic (exact) mass is 280 g/mol. The maximum absolute atomic E-state index is 11.9. The SMILES string of the molecule is CCC(CC)n1ccc(CNC(C)C(=O)N(C)CC)n1. The van der Waals surface area contributed by atoms with Gasteiger partial charge >= 0.3 is 0 Å². The molecule has 0 aliphatic heterocycles. The molecule has 20 heavy (non-hydrogen) atoms. The number of aromatic nitrogens is 2. The summed E-state index contributed by atoms with van der Waals surface area (Å²) in [5.41, 5.74) is 0.982. The minimum Gasteiger partial charge on any atom is -0.345 e. The highest BCUT2D eigenvalue weighted by atomic mass is 16.2. The molecule has 1 N–H and O–H groups in total. The third kappa shape index (κ3) is 4.34. The molecule has 5 heteroatoms. The van der Waals surface area contributed by atoms with Gasteiger partial charge < -0.3 is 10.2 Å². The summed E-state index contributed by atoms with van der Waals surface area (Å²) in [6, 6.07) is 2.30. The van der Waals surface area contributed by atoms with Crippen molar-refractivity contribution in [3.8, 4) is 0 Å². The van der Waals surface area contributed by atoms with Gasteiger partial charge in [-0.3, -0.25) is 9.48 Å². The van der Waals surface area contributed by atoms with Crippen molar-refractivity contribution in [2.24, 2.45) is 0 Å². The van der Waals surface area contributed by atoms with Crippen LogP contribution in [0.5, 0.6) is 0 Å². The summed E-state index contributed by atoms with van der Waals surface area (Å²) < 4.78 is 2.03. The van der Waals surface area contributed by atoms with Crippen LogP contribution < -0.4 is 5.32 Å². The van der Waals surface area contributed by atoms with Gasteiger partial charge in [0.1, 0.15) is 0 Å². The number of hydrogen-bond acceptors (Lipinski definition) is 3. The maximum Gasteiger partial charge on any atom is 0.239 e. The van der Waals surface area contributed by atoms with Crippen LogP contribution in [0, 0.1) is 0 Å². The second kappa shape index (κ2) is 8.04. The standard InChI is InChI=1S/C15H28N4O/c1-6-14(7-2)19-10-9-13(17-19)11-16-12(4)15(20)18(5)8-3/h9-10,12,14,16H,6-8,11H2,1-5H3. The molecule has 1 rings (SSSR count). The van der Waals surface area contributed by atoms with Gasteiger partial charge in [-0.2, -0.15) is 5.10 Å². The molecule has 5 nitrogen and oxygen atoms in total. The lowest BCUT2D eigenvalue weighted by Crippen LogP contribution is -2.42. The highest BCUT2D eigenvalue weighted by Gasteiger charge is 2.16. The summed E-state index contributed by atoms with van der Waals surface area (Å²) in [5, 5.41) is 7.81. The number of nitrogens with one attached hydrogen (secondary N) is 1. The second-order valence-corrected chi connectivity index (χ2v) is 5.21. The van der Waals surface area contributed by atoms with E-state index >= 15 is 0 Å². The predicted molar refractivity (Wildman–Crippen MR) is 81.5 cm³/mol. The van der Waals surface area contributed by atoms with Crippen LogP contribution in [0.3, 0.4) is 0 Å². The third-order valence-corrected chi connectivity index (χ3v) is 3.79. The van der Waals surface area contributed by atoms with Gasteiger partial charge in [-0.25, -0.2) is 0 Å². The Kier molecular flexibility index (Phi) is 6.71. The maximum atomic E-state index is 11.9. The van der Waals surface area contributed by atoms with Crippen LogP contribution >= 0.6 is 0 Å². The van der Waals surface area contributed by atoms with Crippen molar-refractivity contribution in [1.29, 1.82) is 0 Å². The van der Waals surface area contributed by atoms with E-state index in [1.54, 1.807) is 4.90 Å². The molecule has 1 atom stereocenters. The lowest BCUT2D eigenvalue weighted by atomic mass is 10.2. The molecular formula is C15H28N4O. The van der Waals surface area contributed by atoms with E-state index in [1.165, 1.54) is 0 Å². The normalized spacial score (nSPS) is 12.7. The van der Waals surface area contributed by atoms with Gasteiger partial charge in [0.25, 0.3) is 0 Å². The van der Waals surface area contributed by atoms with Crippen LogP contribution in [-0.4, -0.2) is 40.2 Å².